The van der Waals surface area contributed by atoms with Crippen molar-refractivity contribution in [1.29, 1.82) is 5.41 Å². The topological polar surface area (TPSA) is 143 Å². The number of nitrogens with two attached hydrogens (primary N) is 1. The molecule has 1 rings (SSSR count). The molecular weight excluding hydrogens is 335 g/mol. The van der Waals surface area contributed by atoms with Gasteiger partial charge in [0.05, 0.1) is 0 Å². The Hall–Kier alpha value is -1.42. The summed E-state index contributed by atoms with van der Waals surface area (Å²) in [7, 11) is 0.481. The molecule has 1 aliphatic rings. The van der Waals surface area contributed by atoms with Crippen LogP contribution in [0.25, 0.3) is 0 Å². The first kappa shape index (κ1) is 22.6. The summed E-state index contributed by atoms with van der Waals surface area (Å²) in [6, 6.07) is 0. The maximum Gasteiger partial charge on any atom is 0.451 e. The van der Waals surface area contributed by atoms with Gasteiger partial charge in [-0.15, -0.1) is 0 Å². The van der Waals surface area contributed by atoms with Gasteiger partial charge < -0.3 is 31.6 Å². The highest BCUT2D eigenvalue weighted by Gasteiger charge is 2.42. The van der Waals surface area contributed by atoms with E-state index in [1.165, 1.54) is 0 Å². The average molecular weight is 368 g/mol. The number of allylic oxidation sites excluding steroid dienone is 1. The Balaban J connectivity index is 2.58. The number of nitrogens with one attached hydrogen (secondary N) is 2. The third-order valence-electron chi connectivity index (χ3n) is 5.12. The highest BCUT2D eigenvalue weighted by atomic mass is 16.4. The summed E-state index contributed by atoms with van der Waals surface area (Å²) >= 11 is 0. The molecule has 0 spiro atoms. The van der Waals surface area contributed by atoms with Gasteiger partial charge >= 0.3 is 13.1 Å². The van der Waals surface area contributed by atoms with Gasteiger partial charge in [0.25, 0.3) is 0 Å². The van der Waals surface area contributed by atoms with E-state index in [-0.39, 0.29) is 12.2 Å². The second-order valence-electron chi connectivity index (χ2n) is 7.22. The number of carboxylic acids is 1. The number of piperidine rings is 1. The lowest BCUT2D eigenvalue weighted by Gasteiger charge is -2.40. The average Bonchev–Trinajstić information content (AvgIpc) is 2.57. The Morgan fingerprint density at radius 1 is 1.38 bits per heavy atom. The number of likely N-dealkylation sites (N-methyl/N-ethyl adjacent to an activating group) is 1. The van der Waals surface area contributed by atoms with Gasteiger partial charge in [-0.25, -0.2) is 0 Å². The number of carbonyl (C=O) groups is 1. The molecule has 1 heterocycles. The molecule has 148 valence electrons. The lowest BCUT2D eigenvalue weighted by atomic mass is 9.74. The molecule has 0 aromatic heterocycles. The zero-order valence-electron chi connectivity index (χ0n) is 15.9. The smallest absolute Gasteiger partial charge is 0.451 e. The summed E-state index contributed by atoms with van der Waals surface area (Å²) in [5.41, 5.74) is 6.47. The van der Waals surface area contributed by atoms with E-state index in [0.717, 1.165) is 18.8 Å². The monoisotopic (exact) mass is 368 g/mol. The molecular formula is C17H33BN4O4. The number of nitrogens with zero attached hydrogens (tertiary/aromatic N) is 1. The molecule has 0 aromatic carbocycles. The van der Waals surface area contributed by atoms with Crippen molar-refractivity contribution in [2.75, 3.05) is 26.7 Å². The van der Waals surface area contributed by atoms with Gasteiger partial charge in [0, 0.05) is 25.0 Å². The first-order valence-corrected chi connectivity index (χ1v) is 9.23. The Kier molecular flexibility index (Phi) is 9.28. The van der Waals surface area contributed by atoms with Gasteiger partial charge in [-0.05, 0) is 57.6 Å². The minimum Gasteiger partial charge on any atom is -0.480 e. The molecule has 1 fully saturated rings. The summed E-state index contributed by atoms with van der Waals surface area (Å²) < 4.78 is 0. The van der Waals surface area contributed by atoms with Crippen LogP contribution in [0.5, 0.6) is 0 Å². The van der Waals surface area contributed by atoms with Gasteiger partial charge in [-0.2, -0.15) is 0 Å². The standard InChI is InChI=1S/C17H33BN4O4/c1-13(19)11-15(21-2)12-22-9-5-14(6-10-22)17(20,16(23)24)7-3-4-8-18(25)26/h11,14,19,21,25-26H,3-10,12,20H2,1-2H3,(H,23,24)/b15-11-,19-13?. The van der Waals surface area contributed by atoms with Gasteiger partial charge in [-0.1, -0.05) is 12.8 Å². The highest BCUT2D eigenvalue weighted by Crippen LogP contribution is 2.31. The fourth-order valence-electron chi connectivity index (χ4n) is 3.54. The molecule has 1 unspecified atom stereocenters. The first-order chi connectivity index (χ1) is 12.2. The van der Waals surface area contributed by atoms with E-state index < -0.39 is 18.6 Å². The van der Waals surface area contributed by atoms with Crippen LogP contribution >= 0.6 is 0 Å². The summed E-state index contributed by atoms with van der Waals surface area (Å²) in [6.07, 6.45) is 4.91. The van der Waals surface area contributed by atoms with Crippen molar-refractivity contribution in [3.05, 3.63) is 11.8 Å². The van der Waals surface area contributed by atoms with Gasteiger partial charge in [-0.3, -0.25) is 9.69 Å². The van der Waals surface area contributed by atoms with Crippen molar-refractivity contribution < 1.29 is 19.9 Å². The second kappa shape index (κ2) is 10.7. The van der Waals surface area contributed by atoms with Crippen molar-refractivity contribution in [3.8, 4) is 0 Å². The maximum atomic E-state index is 11.8. The molecule has 7 N–H and O–H groups in total. The number of carboxylic acid groups (broad SMARTS) is 1. The van der Waals surface area contributed by atoms with E-state index in [9.17, 15) is 9.90 Å². The van der Waals surface area contributed by atoms with Crippen LogP contribution in [-0.4, -0.2) is 71.1 Å². The fourth-order valence-corrected chi connectivity index (χ4v) is 3.54. The number of likely N-dealkylation sites (tertiary alicyclic amines) is 1. The van der Waals surface area contributed by atoms with Crippen molar-refractivity contribution in [3.63, 3.8) is 0 Å². The highest BCUT2D eigenvalue weighted by molar-refractivity contribution is 6.40. The summed E-state index contributed by atoms with van der Waals surface area (Å²) in [5, 5.41) is 38.1. The number of rotatable bonds is 11. The van der Waals surface area contributed by atoms with Crippen LogP contribution in [0.1, 0.15) is 39.0 Å². The van der Waals surface area contributed by atoms with Crippen LogP contribution in [0.3, 0.4) is 0 Å². The number of hydrogen-bond acceptors (Lipinski definition) is 7. The summed E-state index contributed by atoms with van der Waals surface area (Å²) in [5.74, 6) is -1.07. The van der Waals surface area contributed by atoms with Crippen molar-refractivity contribution in [1.82, 2.24) is 10.2 Å². The zero-order chi connectivity index (χ0) is 19.7. The number of unbranched alkanes of at least 4 members (excludes halogenated alkanes) is 1. The molecule has 26 heavy (non-hydrogen) atoms. The molecule has 9 heteroatoms. The molecule has 1 atom stereocenters. The maximum absolute atomic E-state index is 11.8. The first-order valence-electron chi connectivity index (χ1n) is 9.23. The lowest BCUT2D eigenvalue weighted by molar-refractivity contribution is -0.147. The number of aliphatic carboxylic acids is 1. The van der Waals surface area contributed by atoms with E-state index in [0.29, 0.717) is 44.4 Å². The fraction of sp³-hybridized carbons (Fsp3) is 0.765. The molecule has 0 amide bonds. The van der Waals surface area contributed by atoms with Crippen molar-refractivity contribution in [2.24, 2.45) is 11.7 Å². The van der Waals surface area contributed by atoms with Gasteiger partial charge in [0.2, 0.25) is 0 Å². The van der Waals surface area contributed by atoms with Crippen LogP contribution < -0.4 is 11.1 Å². The molecule has 1 saturated heterocycles. The SMILES string of the molecule is CN/C(=C\C(C)=N)CN1CCC(C(N)(CCCCB(O)O)C(=O)O)CC1. The van der Waals surface area contributed by atoms with E-state index in [1.54, 1.807) is 13.0 Å². The minimum absolute atomic E-state index is 0.0956. The largest absolute Gasteiger partial charge is 0.480 e. The third-order valence-corrected chi connectivity index (χ3v) is 5.12. The molecule has 0 bridgehead atoms. The molecule has 1 aliphatic heterocycles. The van der Waals surface area contributed by atoms with Crippen molar-refractivity contribution in [2.45, 2.75) is 50.9 Å². The predicted molar refractivity (Wildman–Crippen MR) is 103 cm³/mol. The normalized spacial score (nSPS) is 19.0. The molecule has 0 aliphatic carbocycles. The van der Waals surface area contributed by atoms with E-state index in [4.69, 9.17) is 21.2 Å². The van der Waals surface area contributed by atoms with E-state index >= 15 is 0 Å². The molecule has 0 aromatic rings. The van der Waals surface area contributed by atoms with Crippen molar-refractivity contribution >= 4 is 18.8 Å². The lowest BCUT2D eigenvalue weighted by Crippen LogP contribution is -2.57. The molecule has 0 saturated carbocycles. The Bertz CT molecular complexity index is 507. The van der Waals surface area contributed by atoms with E-state index in [2.05, 4.69) is 10.2 Å². The minimum atomic E-state index is -1.35. The Morgan fingerprint density at radius 2 is 2.00 bits per heavy atom. The van der Waals surface area contributed by atoms with Crippen LogP contribution in [0.4, 0.5) is 0 Å². The van der Waals surface area contributed by atoms with Crippen LogP contribution in [-0.2, 0) is 4.79 Å². The second-order valence-corrected chi connectivity index (χ2v) is 7.22. The quantitative estimate of drug-likeness (QED) is 0.174. The predicted octanol–water partition coefficient (Wildman–Crippen LogP) is 0.267. The van der Waals surface area contributed by atoms with Crippen LogP contribution in [0, 0.1) is 11.3 Å². The summed E-state index contributed by atoms with van der Waals surface area (Å²) in [6.45, 7) is 3.97. The van der Waals surface area contributed by atoms with Gasteiger partial charge in [0.1, 0.15) is 5.54 Å². The molecule has 8 nitrogen and oxygen atoms in total. The Labute approximate surface area is 156 Å². The third kappa shape index (κ3) is 7.07. The van der Waals surface area contributed by atoms with E-state index in [1.807, 2.05) is 7.05 Å². The van der Waals surface area contributed by atoms with Crippen LogP contribution in [0.15, 0.2) is 11.8 Å². The molecule has 0 radical (unpaired) electrons. The van der Waals surface area contributed by atoms with Gasteiger partial charge in [0.15, 0.2) is 0 Å². The Morgan fingerprint density at radius 3 is 2.46 bits per heavy atom. The number of hydrogen-bond donors (Lipinski definition) is 6. The van der Waals surface area contributed by atoms with Crippen LogP contribution in [0.2, 0.25) is 6.32 Å². The zero-order valence-corrected chi connectivity index (χ0v) is 15.9. The summed E-state index contributed by atoms with van der Waals surface area (Å²) in [4.78, 5) is 14.0.